The maximum absolute atomic E-state index is 12.5. The molecule has 0 saturated carbocycles. The van der Waals surface area contributed by atoms with Gasteiger partial charge in [-0.1, -0.05) is 78.3 Å². The number of carbonyl (C=O) groups excluding carboxylic acids is 1. The average molecular weight is 450 g/mol. The lowest BCUT2D eigenvalue weighted by molar-refractivity contribution is 0.0955. The number of rotatable bonds is 5. The molecule has 0 fully saturated rings. The first kappa shape index (κ1) is 20.7. The molecule has 5 heteroatoms. The number of aromatic nitrogens is 1. The summed E-state index contributed by atoms with van der Waals surface area (Å²) in [4.78, 5) is 12.5. The number of amides is 1. The Morgan fingerprint density at radius 2 is 1.42 bits per heavy atom. The van der Waals surface area contributed by atoms with Crippen molar-refractivity contribution in [2.45, 2.75) is 0 Å². The van der Waals surface area contributed by atoms with E-state index in [4.69, 9.17) is 11.6 Å². The van der Waals surface area contributed by atoms with Gasteiger partial charge in [0, 0.05) is 27.2 Å². The molecule has 0 atom stereocenters. The Bertz CT molecular complexity index is 1440. The fraction of sp³-hybridized carbons (Fsp3) is 0. The molecular formula is C28H20ClN3O. The Balaban J connectivity index is 1.63. The molecule has 33 heavy (non-hydrogen) atoms. The topological polar surface area (TPSA) is 46.4 Å². The van der Waals surface area contributed by atoms with E-state index in [2.05, 4.69) is 51.5 Å². The molecule has 1 heterocycles. The average Bonchev–Trinajstić information content (AvgIpc) is 3.20. The van der Waals surface area contributed by atoms with E-state index in [-0.39, 0.29) is 5.91 Å². The Hall–Kier alpha value is -4.15. The van der Waals surface area contributed by atoms with Crippen molar-refractivity contribution in [1.82, 2.24) is 9.99 Å². The molecule has 1 aromatic heterocycles. The van der Waals surface area contributed by atoms with E-state index in [1.807, 2.05) is 48.5 Å². The normalized spacial score (nSPS) is 11.2. The largest absolute Gasteiger partial charge is 0.309 e. The Labute approximate surface area is 196 Å². The molecule has 0 radical (unpaired) electrons. The molecule has 0 saturated heterocycles. The number of benzene rings is 4. The third-order valence-electron chi connectivity index (χ3n) is 5.44. The van der Waals surface area contributed by atoms with Crippen LogP contribution in [0, 0.1) is 0 Å². The van der Waals surface area contributed by atoms with Gasteiger partial charge < -0.3 is 4.57 Å². The van der Waals surface area contributed by atoms with Crippen LogP contribution in [0.15, 0.2) is 114 Å². The number of nitrogens with zero attached hydrogens (tertiary/aromatic N) is 2. The van der Waals surface area contributed by atoms with E-state index in [0.717, 1.165) is 33.4 Å². The van der Waals surface area contributed by atoms with Gasteiger partial charge in [-0.05, 0) is 48.0 Å². The quantitative estimate of drug-likeness (QED) is 0.235. The highest BCUT2D eigenvalue weighted by Gasteiger charge is 2.18. The van der Waals surface area contributed by atoms with Crippen LogP contribution in [0.5, 0.6) is 0 Å². The van der Waals surface area contributed by atoms with E-state index in [1.54, 1.807) is 30.5 Å². The Kier molecular flexibility index (Phi) is 5.75. The number of para-hydroxylation sites is 2. The second-order valence-electron chi connectivity index (χ2n) is 7.52. The van der Waals surface area contributed by atoms with Crippen molar-refractivity contribution in [3.8, 4) is 16.9 Å². The summed E-state index contributed by atoms with van der Waals surface area (Å²) in [5.74, 6) is -0.295. The van der Waals surface area contributed by atoms with Crippen LogP contribution in [-0.4, -0.2) is 16.7 Å². The van der Waals surface area contributed by atoms with Gasteiger partial charge in [0.15, 0.2) is 0 Å². The van der Waals surface area contributed by atoms with E-state index in [0.29, 0.717) is 10.6 Å². The first-order valence-corrected chi connectivity index (χ1v) is 10.9. The van der Waals surface area contributed by atoms with Crippen molar-refractivity contribution < 1.29 is 4.79 Å². The molecule has 0 aliphatic heterocycles. The minimum atomic E-state index is -0.295. The number of carbonyl (C=O) groups is 1. The van der Waals surface area contributed by atoms with Crippen LogP contribution in [-0.2, 0) is 0 Å². The van der Waals surface area contributed by atoms with Crippen LogP contribution in [0.1, 0.15) is 15.9 Å². The van der Waals surface area contributed by atoms with Gasteiger partial charge in [0.2, 0.25) is 0 Å². The zero-order valence-corrected chi connectivity index (χ0v) is 18.4. The Morgan fingerprint density at radius 3 is 2.15 bits per heavy atom. The summed E-state index contributed by atoms with van der Waals surface area (Å²) >= 11 is 5.92. The fourth-order valence-electron chi connectivity index (χ4n) is 3.94. The smallest absolute Gasteiger partial charge is 0.271 e. The second-order valence-corrected chi connectivity index (χ2v) is 7.96. The van der Waals surface area contributed by atoms with Gasteiger partial charge in [0.05, 0.1) is 17.4 Å². The number of fused-ring (bicyclic) bond motifs is 1. The highest BCUT2D eigenvalue weighted by molar-refractivity contribution is 6.30. The maximum Gasteiger partial charge on any atom is 0.271 e. The molecule has 160 valence electrons. The van der Waals surface area contributed by atoms with Gasteiger partial charge in [-0.2, -0.15) is 5.10 Å². The van der Waals surface area contributed by atoms with Crippen LogP contribution in [0.4, 0.5) is 0 Å². The zero-order chi connectivity index (χ0) is 22.6. The van der Waals surface area contributed by atoms with Crippen LogP contribution < -0.4 is 5.43 Å². The van der Waals surface area contributed by atoms with E-state index in [1.165, 1.54) is 0 Å². The van der Waals surface area contributed by atoms with Crippen molar-refractivity contribution in [2.75, 3.05) is 0 Å². The van der Waals surface area contributed by atoms with Gasteiger partial charge in [0.1, 0.15) is 0 Å². The fourth-order valence-corrected chi connectivity index (χ4v) is 4.07. The molecule has 0 bridgehead atoms. The van der Waals surface area contributed by atoms with Gasteiger partial charge >= 0.3 is 0 Å². The lowest BCUT2D eigenvalue weighted by Gasteiger charge is -2.12. The standard InChI is InChI=1S/C28H20ClN3O/c29-22-17-15-21(16-18-22)28(33)31-30-19-25-24-13-7-8-14-26(24)32(23-11-5-2-6-12-23)27(25)20-9-3-1-4-10-20/h1-19H,(H,31,33). The van der Waals surface area contributed by atoms with Gasteiger partial charge in [0.25, 0.3) is 5.91 Å². The third-order valence-corrected chi connectivity index (χ3v) is 5.69. The van der Waals surface area contributed by atoms with Crippen molar-refractivity contribution in [1.29, 1.82) is 0 Å². The number of nitrogens with one attached hydrogen (secondary N) is 1. The highest BCUT2D eigenvalue weighted by Crippen LogP contribution is 2.35. The summed E-state index contributed by atoms with van der Waals surface area (Å²) in [7, 11) is 0. The van der Waals surface area contributed by atoms with Crippen LogP contribution in [0.2, 0.25) is 5.02 Å². The monoisotopic (exact) mass is 449 g/mol. The molecule has 0 aliphatic rings. The lowest BCUT2D eigenvalue weighted by Crippen LogP contribution is -2.17. The lowest BCUT2D eigenvalue weighted by atomic mass is 10.1. The molecule has 0 spiro atoms. The molecule has 1 amide bonds. The molecule has 5 aromatic rings. The predicted molar refractivity (Wildman–Crippen MR) is 135 cm³/mol. The second kappa shape index (κ2) is 9.15. The molecule has 4 nitrogen and oxygen atoms in total. The van der Waals surface area contributed by atoms with Crippen LogP contribution in [0.3, 0.4) is 0 Å². The van der Waals surface area contributed by atoms with Crippen LogP contribution >= 0.6 is 11.6 Å². The van der Waals surface area contributed by atoms with Crippen LogP contribution in [0.25, 0.3) is 27.8 Å². The number of halogens is 1. The molecule has 1 N–H and O–H groups in total. The van der Waals surface area contributed by atoms with Crippen molar-refractivity contribution in [3.63, 3.8) is 0 Å². The highest BCUT2D eigenvalue weighted by atomic mass is 35.5. The number of hydrogen-bond donors (Lipinski definition) is 1. The van der Waals surface area contributed by atoms with E-state index < -0.39 is 0 Å². The van der Waals surface area contributed by atoms with Crippen molar-refractivity contribution in [2.24, 2.45) is 5.10 Å². The van der Waals surface area contributed by atoms with Gasteiger partial charge in [-0.3, -0.25) is 4.79 Å². The maximum atomic E-state index is 12.5. The van der Waals surface area contributed by atoms with Gasteiger partial charge in [-0.15, -0.1) is 0 Å². The SMILES string of the molecule is O=C(NN=Cc1c(-c2ccccc2)n(-c2ccccc2)c2ccccc12)c1ccc(Cl)cc1. The molecule has 0 unspecified atom stereocenters. The first-order valence-electron chi connectivity index (χ1n) is 10.6. The van der Waals surface area contributed by atoms with Crippen molar-refractivity contribution in [3.05, 3.63) is 125 Å². The molecule has 0 aliphatic carbocycles. The summed E-state index contributed by atoms with van der Waals surface area (Å²) < 4.78 is 2.23. The third kappa shape index (κ3) is 4.16. The Morgan fingerprint density at radius 1 is 0.788 bits per heavy atom. The summed E-state index contributed by atoms with van der Waals surface area (Å²) in [5, 5.41) is 5.94. The summed E-state index contributed by atoms with van der Waals surface area (Å²) in [6.45, 7) is 0. The molecule has 4 aromatic carbocycles. The minimum absolute atomic E-state index is 0.295. The summed E-state index contributed by atoms with van der Waals surface area (Å²) in [5.41, 5.74) is 8.24. The first-order chi connectivity index (χ1) is 16.2. The van der Waals surface area contributed by atoms with E-state index in [9.17, 15) is 4.79 Å². The zero-order valence-electron chi connectivity index (χ0n) is 17.7. The van der Waals surface area contributed by atoms with Gasteiger partial charge in [-0.25, -0.2) is 5.43 Å². The molecular weight excluding hydrogens is 430 g/mol. The van der Waals surface area contributed by atoms with Crippen molar-refractivity contribution >= 4 is 34.6 Å². The number of hydrogen-bond acceptors (Lipinski definition) is 2. The summed E-state index contributed by atoms with van der Waals surface area (Å²) in [6.07, 6.45) is 1.72. The minimum Gasteiger partial charge on any atom is -0.309 e. The summed E-state index contributed by atoms with van der Waals surface area (Å²) in [6, 6.07) is 35.3. The number of hydrazone groups is 1. The predicted octanol–water partition coefficient (Wildman–Crippen LogP) is 6.71. The van der Waals surface area contributed by atoms with E-state index >= 15 is 0 Å². The molecule has 5 rings (SSSR count).